The summed E-state index contributed by atoms with van der Waals surface area (Å²) < 4.78 is 15.0. The molecule has 0 aliphatic heterocycles. The molecule has 3 rings (SSSR count). The summed E-state index contributed by atoms with van der Waals surface area (Å²) in [7, 11) is 0. The van der Waals surface area contributed by atoms with Crippen LogP contribution in [0, 0.1) is 0 Å². The zero-order valence-corrected chi connectivity index (χ0v) is 21.6. The highest BCUT2D eigenvalue weighted by atomic mass is 16.6. The molecule has 0 aromatic heterocycles. The predicted octanol–water partition coefficient (Wildman–Crippen LogP) is 2.16. The van der Waals surface area contributed by atoms with Crippen molar-refractivity contribution in [2.75, 3.05) is 26.5 Å². The van der Waals surface area contributed by atoms with Crippen LogP contribution >= 0.6 is 0 Å². The maximum atomic E-state index is 12.5. The Kier molecular flexibility index (Phi) is 10.6. The van der Waals surface area contributed by atoms with Gasteiger partial charge in [0.05, 0.1) is 0 Å². The Hall–Kier alpha value is -4.67. The largest absolute Gasteiger partial charge is 0.461 e. The van der Waals surface area contributed by atoms with Gasteiger partial charge in [0.15, 0.2) is 6.73 Å². The van der Waals surface area contributed by atoms with Crippen molar-refractivity contribution in [3.8, 4) is 11.1 Å². The number of carbonyl (C=O) groups is 5. The number of benzene rings is 2. The lowest BCUT2D eigenvalue weighted by atomic mass is 9.98. The number of esters is 2. The second kappa shape index (κ2) is 14.3. The van der Waals surface area contributed by atoms with Crippen LogP contribution in [0.3, 0.4) is 0 Å². The Morgan fingerprint density at radius 3 is 2.18 bits per heavy atom. The van der Waals surface area contributed by atoms with E-state index in [-0.39, 0.29) is 32.0 Å². The topological polar surface area (TPSA) is 149 Å². The van der Waals surface area contributed by atoms with Crippen molar-refractivity contribution in [2.45, 2.75) is 31.7 Å². The van der Waals surface area contributed by atoms with Crippen LogP contribution in [0.5, 0.6) is 0 Å². The Balaban J connectivity index is 1.50. The fourth-order valence-corrected chi connectivity index (χ4v) is 4.13. The van der Waals surface area contributed by atoms with E-state index in [2.05, 4.69) is 27.3 Å². The Morgan fingerprint density at radius 2 is 1.56 bits per heavy atom. The molecule has 0 fully saturated rings. The second-order valence-electron chi connectivity index (χ2n) is 8.63. The van der Waals surface area contributed by atoms with Gasteiger partial charge in [-0.25, -0.2) is 4.79 Å². The van der Waals surface area contributed by atoms with Gasteiger partial charge in [-0.1, -0.05) is 61.2 Å². The van der Waals surface area contributed by atoms with E-state index in [9.17, 15) is 24.0 Å². The summed E-state index contributed by atoms with van der Waals surface area (Å²) >= 11 is 0. The van der Waals surface area contributed by atoms with E-state index < -0.39 is 49.2 Å². The Bertz CT molecular complexity index is 1180. The molecule has 0 saturated heterocycles. The maximum absolute atomic E-state index is 12.5. The van der Waals surface area contributed by atoms with E-state index in [1.165, 1.54) is 13.0 Å². The van der Waals surface area contributed by atoms with Gasteiger partial charge in [-0.2, -0.15) is 0 Å². The maximum Gasteiger partial charge on any atom is 0.407 e. The summed E-state index contributed by atoms with van der Waals surface area (Å²) in [6.45, 7) is 3.85. The van der Waals surface area contributed by atoms with Gasteiger partial charge in [0.25, 0.3) is 0 Å². The van der Waals surface area contributed by atoms with Crippen molar-refractivity contribution >= 4 is 29.8 Å². The van der Waals surface area contributed by atoms with Crippen LogP contribution in [0.4, 0.5) is 4.79 Å². The Labute approximate surface area is 225 Å². The van der Waals surface area contributed by atoms with Crippen molar-refractivity contribution in [1.82, 2.24) is 16.0 Å². The van der Waals surface area contributed by atoms with Crippen LogP contribution < -0.4 is 16.0 Å². The normalized spacial score (nSPS) is 12.2. The van der Waals surface area contributed by atoms with Crippen LogP contribution in [0.1, 0.15) is 36.8 Å². The molecule has 206 valence electrons. The molecule has 39 heavy (non-hydrogen) atoms. The smallest absolute Gasteiger partial charge is 0.407 e. The molecular formula is C28H31N3O8. The average molecular weight is 538 g/mol. The van der Waals surface area contributed by atoms with E-state index in [0.29, 0.717) is 0 Å². The van der Waals surface area contributed by atoms with Gasteiger partial charge in [0.2, 0.25) is 11.8 Å². The fraction of sp³-hybridized carbons (Fsp3) is 0.321. The summed E-state index contributed by atoms with van der Waals surface area (Å²) in [5.74, 6) is -2.68. The lowest BCUT2D eigenvalue weighted by Gasteiger charge is -2.18. The second-order valence-corrected chi connectivity index (χ2v) is 8.63. The minimum absolute atomic E-state index is 0.0125. The number of amides is 3. The van der Waals surface area contributed by atoms with Gasteiger partial charge in [-0.15, -0.1) is 0 Å². The molecule has 3 N–H and O–H groups in total. The third-order valence-electron chi connectivity index (χ3n) is 5.91. The van der Waals surface area contributed by atoms with Gasteiger partial charge < -0.3 is 30.2 Å². The number of alkyl carbamates (subject to hydrolysis) is 1. The van der Waals surface area contributed by atoms with Crippen molar-refractivity contribution in [1.29, 1.82) is 0 Å². The molecular weight excluding hydrogens is 506 g/mol. The van der Waals surface area contributed by atoms with Gasteiger partial charge >= 0.3 is 18.0 Å². The molecule has 0 saturated carbocycles. The third kappa shape index (κ3) is 8.42. The molecule has 1 atom stereocenters. The molecule has 1 aliphatic carbocycles. The molecule has 11 heteroatoms. The summed E-state index contributed by atoms with van der Waals surface area (Å²) in [6, 6.07) is 14.7. The van der Waals surface area contributed by atoms with Crippen LogP contribution in [0.15, 0.2) is 61.2 Å². The first kappa shape index (κ1) is 28.9. The van der Waals surface area contributed by atoms with Crippen LogP contribution in [0.25, 0.3) is 11.1 Å². The number of hydrogen-bond donors (Lipinski definition) is 3. The lowest BCUT2D eigenvalue weighted by molar-refractivity contribution is -0.143. The highest BCUT2D eigenvalue weighted by Crippen LogP contribution is 2.44. The molecule has 2 aromatic rings. The number of hydrogen-bond acceptors (Lipinski definition) is 8. The van der Waals surface area contributed by atoms with E-state index in [4.69, 9.17) is 9.47 Å². The molecule has 1 aliphatic rings. The van der Waals surface area contributed by atoms with Gasteiger partial charge in [-0.3, -0.25) is 19.2 Å². The average Bonchev–Trinajstić information content (AvgIpc) is 3.25. The molecule has 0 unspecified atom stereocenters. The summed E-state index contributed by atoms with van der Waals surface area (Å²) in [5, 5.41) is 7.17. The fourth-order valence-electron chi connectivity index (χ4n) is 4.13. The van der Waals surface area contributed by atoms with Gasteiger partial charge in [0, 0.05) is 19.3 Å². The summed E-state index contributed by atoms with van der Waals surface area (Å²) in [4.78, 5) is 60.1. The van der Waals surface area contributed by atoms with Gasteiger partial charge in [-0.05, 0) is 28.7 Å². The highest BCUT2D eigenvalue weighted by Gasteiger charge is 2.29. The monoisotopic (exact) mass is 537 g/mol. The van der Waals surface area contributed by atoms with Crippen molar-refractivity contribution in [2.24, 2.45) is 0 Å². The summed E-state index contributed by atoms with van der Waals surface area (Å²) in [6.07, 6.45) is 0.353. The van der Waals surface area contributed by atoms with E-state index in [1.807, 2.05) is 48.5 Å². The first-order valence-electron chi connectivity index (χ1n) is 12.4. The standard InChI is InChI=1S/C28H31N3O8/c1-3-14-37-26(34)13-12-24(27(35)30-17-39-18(2)32)31-25(33)15-29-28(36)38-16-23-21-10-6-4-8-19(21)20-9-5-7-11-22(20)23/h3-11,23-24H,1,12-17H2,2H3,(H,29,36)(H,30,35)(H,31,33)/t24-/m0/s1. The molecule has 11 nitrogen and oxygen atoms in total. The van der Waals surface area contributed by atoms with Crippen LogP contribution in [-0.2, 0) is 33.4 Å². The first-order valence-corrected chi connectivity index (χ1v) is 12.4. The van der Waals surface area contributed by atoms with E-state index >= 15 is 0 Å². The zero-order valence-electron chi connectivity index (χ0n) is 21.6. The third-order valence-corrected chi connectivity index (χ3v) is 5.91. The van der Waals surface area contributed by atoms with Crippen LogP contribution in [-0.4, -0.2) is 62.4 Å². The number of nitrogens with one attached hydrogen (secondary N) is 3. The van der Waals surface area contributed by atoms with Crippen molar-refractivity contribution in [3.05, 3.63) is 72.3 Å². The first-order chi connectivity index (χ1) is 18.8. The van der Waals surface area contributed by atoms with E-state index in [1.54, 1.807) is 0 Å². The molecule has 0 spiro atoms. The molecule has 0 radical (unpaired) electrons. The SMILES string of the molecule is C=CCOC(=O)CC[C@H](NC(=O)CNC(=O)OCC1c2ccccc2-c2ccccc21)C(=O)NCOC(C)=O. The summed E-state index contributed by atoms with van der Waals surface area (Å²) in [5.41, 5.74) is 4.29. The minimum Gasteiger partial charge on any atom is -0.461 e. The highest BCUT2D eigenvalue weighted by molar-refractivity contribution is 5.90. The Morgan fingerprint density at radius 1 is 0.923 bits per heavy atom. The predicted molar refractivity (Wildman–Crippen MR) is 140 cm³/mol. The van der Waals surface area contributed by atoms with E-state index in [0.717, 1.165) is 22.3 Å². The quantitative estimate of drug-likeness (QED) is 0.152. The molecule has 2 aromatic carbocycles. The molecule has 0 bridgehead atoms. The molecule has 3 amide bonds. The zero-order chi connectivity index (χ0) is 28.2. The number of fused-ring (bicyclic) bond motifs is 3. The van der Waals surface area contributed by atoms with Gasteiger partial charge in [0.1, 0.15) is 25.8 Å². The number of ether oxygens (including phenoxy) is 3. The van der Waals surface area contributed by atoms with Crippen molar-refractivity contribution < 1.29 is 38.2 Å². The lowest BCUT2D eigenvalue weighted by Crippen LogP contribution is -2.50. The molecule has 0 heterocycles. The minimum atomic E-state index is -1.14. The van der Waals surface area contributed by atoms with Crippen LogP contribution in [0.2, 0.25) is 0 Å². The van der Waals surface area contributed by atoms with Crippen molar-refractivity contribution in [3.63, 3.8) is 0 Å². The number of rotatable bonds is 13. The number of carbonyl (C=O) groups excluding carboxylic acids is 5.